The molecule has 0 bridgehead atoms. The molecular formula is C19H20ClN5S2. The Bertz CT molecular complexity index is 921. The third kappa shape index (κ3) is 5.57. The van der Waals surface area contributed by atoms with Gasteiger partial charge in [0, 0.05) is 28.7 Å². The average molecular weight is 418 g/mol. The molecule has 0 aliphatic rings. The Hall–Kier alpha value is -1.83. The van der Waals surface area contributed by atoms with Crippen LogP contribution in [0.25, 0.3) is 0 Å². The van der Waals surface area contributed by atoms with Crippen molar-refractivity contribution in [1.29, 1.82) is 0 Å². The van der Waals surface area contributed by atoms with Gasteiger partial charge in [0.25, 0.3) is 0 Å². The number of aryl methyl sites for hydroxylation is 2. The van der Waals surface area contributed by atoms with Gasteiger partial charge in [0.1, 0.15) is 5.82 Å². The molecule has 1 aromatic carbocycles. The zero-order valence-corrected chi connectivity index (χ0v) is 17.6. The molecule has 0 saturated heterocycles. The molecule has 0 spiro atoms. The van der Waals surface area contributed by atoms with Crippen LogP contribution in [0, 0.1) is 13.8 Å². The summed E-state index contributed by atoms with van der Waals surface area (Å²) < 4.78 is 2.08. The van der Waals surface area contributed by atoms with Gasteiger partial charge in [-0.3, -0.25) is 0 Å². The first kappa shape index (κ1) is 19.9. The number of benzene rings is 1. The second-order valence-corrected chi connectivity index (χ2v) is 8.26. The van der Waals surface area contributed by atoms with Crippen LogP contribution in [0.5, 0.6) is 0 Å². The molecule has 2 aromatic heterocycles. The van der Waals surface area contributed by atoms with Gasteiger partial charge in [-0.15, -0.1) is 16.8 Å². The number of aromatic nitrogens is 5. The molecule has 5 nitrogen and oxygen atoms in total. The van der Waals surface area contributed by atoms with E-state index in [-0.39, 0.29) is 0 Å². The quantitative estimate of drug-likeness (QED) is 0.288. The van der Waals surface area contributed by atoms with Crippen LogP contribution in [-0.2, 0) is 18.1 Å². The van der Waals surface area contributed by atoms with Crippen molar-refractivity contribution in [2.24, 2.45) is 0 Å². The SMILES string of the molecule is C=CCn1c(CSc2nc(C)cc(C)n2)nnc1SCc1cccc(Cl)c1. The highest BCUT2D eigenvalue weighted by Crippen LogP contribution is 2.26. The normalized spacial score (nSPS) is 10.9. The van der Waals surface area contributed by atoms with Gasteiger partial charge in [0.05, 0.1) is 5.75 Å². The minimum Gasteiger partial charge on any atom is -0.301 e. The van der Waals surface area contributed by atoms with Crippen LogP contribution in [-0.4, -0.2) is 24.7 Å². The van der Waals surface area contributed by atoms with Crippen molar-refractivity contribution in [3.63, 3.8) is 0 Å². The summed E-state index contributed by atoms with van der Waals surface area (Å²) in [5.74, 6) is 2.32. The molecule has 2 heterocycles. The first-order valence-electron chi connectivity index (χ1n) is 8.40. The van der Waals surface area contributed by atoms with Crippen molar-refractivity contribution in [3.05, 3.63) is 70.8 Å². The number of rotatable bonds is 8. The Morgan fingerprint density at radius 1 is 1.07 bits per heavy atom. The number of halogens is 1. The molecule has 0 atom stereocenters. The smallest absolute Gasteiger partial charge is 0.191 e. The fourth-order valence-electron chi connectivity index (χ4n) is 2.51. The highest BCUT2D eigenvalue weighted by Gasteiger charge is 2.13. The first-order valence-corrected chi connectivity index (χ1v) is 10.8. The third-order valence-corrected chi connectivity index (χ3v) is 5.77. The second kappa shape index (κ2) is 9.39. The van der Waals surface area contributed by atoms with Crippen LogP contribution in [0.4, 0.5) is 0 Å². The lowest BCUT2D eigenvalue weighted by Gasteiger charge is -2.08. The van der Waals surface area contributed by atoms with Crippen molar-refractivity contribution in [1.82, 2.24) is 24.7 Å². The molecule has 0 aliphatic heterocycles. The molecule has 0 amide bonds. The maximum atomic E-state index is 6.06. The topological polar surface area (TPSA) is 56.5 Å². The van der Waals surface area contributed by atoms with Crippen LogP contribution in [0.15, 0.2) is 53.3 Å². The van der Waals surface area contributed by atoms with Gasteiger partial charge in [-0.25, -0.2) is 9.97 Å². The van der Waals surface area contributed by atoms with Crippen LogP contribution in [0.3, 0.4) is 0 Å². The lowest BCUT2D eigenvalue weighted by atomic mass is 10.2. The first-order chi connectivity index (χ1) is 13.0. The van der Waals surface area contributed by atoms with E-state index in [4.69, 9.17) is 11.6 Å². The lowest BCUT2D eigenvalue weighted by molar-refractivity contribution is 0.700. The minimum absolute atomic E-state index is 0.654. The molecule has 0 aliphatic carbocycles. The number of nitrogens with zero attached hydrogens (tertiary/aromatic N) is 5. The standard InChI is InChI=1S/C19H20ClN5S2/c1-4-8-25-17(12-26-18-21-13(2)9-14(3)22-18)23-24-19(25)27-11-15-6-5-7-16(20)10-15/h4-7,9-10H,1,8,11-12H2,2-3H3. The molecule has 3 rings (SSSR count). The van der Waals surface area contributed by atoms with Gasteiger partial charge >= 0.3 is 0 Å². The fraction of sp³-hybridized carbons (Fsp3) is 0.263. The Kier molecular flexibility index (Phi) is 6.93. The van der Waals surface area contributed by atoms with Crippen molar-refractivity contribution in [3.8, 4) is 0 Å². The zero-order valence-electron chi connectivity index (χ0n) is 15.2. The van der Waals surface area contributed by atoms with E-state index >= 15 is 0 Å². The summed E-state index contributed by atoms with van der Waals surface area (Å²) in [6.07, 6.45) is 1.86. The van der Waals surface area contributed by atoms with Crippen molar-refractivity contribution < 1.29 is 0 Å². The van der Waals surface area contributed by atoms with Crippen molar-refractivity contribution in [2.75, 3.05) is 0 Å². The highest BCUT2D eigenvalue weighted by molar-refractivity contribution is 7.98. The second-order valence-electron chi connectivity index (χ2n) is 5.94. The van der Waals surface area contributed by atoms with Crippen LogP contribution < -0.4 is 0 Å². The van der Waals surface area contributed by atoms with Gasteiger partial charge in [-0.05, 0) is 37.6 Å². The van der Waals surface area contributed by atoms with E-state index in [1.54, 1.807) is 23.5 Å². The predicted octanol–water partition coefficient (Wildman–Crippen LogP) is 5.11. The van der Waals surface area contributed by atoms with E-state index in [0.717, 1.165) is 43.9 Å². The molecule has 0 N–H and O–H groups in total. The number of hydrogen-bond acceptors (Lipinski definition) is 6. The summed E-state index contributed by atoms with van der Waals surface area (Å²) in [4.78, 5) is 8.94. The highest BCUT2D eigenvalue weighted by atomic mass is 35.5. The summed E-state index contributed by atoms with van der Waals surface area (Å²) in [7, 11) is 0. The number of thioether (sulfide) groups is 2. The Labute approximate surface area is 172 Å². The molecule has 0 unspecified atom stereocenters. The van der Waals surface area contributed by atoms with Crippen molar-refractivity contribution >= 4 is 35.1 Å². The monoisotopic (exact) mass is 417 g/mol. The van der Waals surface area contributed by atoms with Crippen LogP contribution >= 0.6 is 35.1 Å². The number of hydrogen-bond donors (Lipinski definition) is 0. The Balaban J connectivity index is 1.71. The van der Waals surface area contributed by atoms with Crippen LogP contribution in [0.2, 0.25) is 5.02 Å². The van der Waals surface area contributed by atoms with E-state index < -0.39 is 0 Å². The fourth-order valence-corrected chi connectivity index (χ4v) is 4.52. The Morgan fingerprint density at radius 3 is 2.56 bits per heavy atom. The third-order valence-electron chi connectivity index (χ3n) is 3.65. The summed E-state index contributed by atoms with van der Waals surface area (Å²) in [6.45, 7) is 8.47. The summed E-state index contributed by atoms with van der Waals surface area (Å²) in [5, 5.41) is 11.1. The molecule has 0 radical (unpaired) electrons. The molecule has 8 heteroatoms. The lowest BCUT2D eigenvalue weighted by Crippen LogP contribution is -2.03. The van der Waals surface area contributed by atoms with E-state index in [1.165, 1.54) is 0 Å². The summed E-state index contributed by atoms with van der Waals surface area (Å²) >= 11 is 9.27. The van der Waals surface area contributed by atoms with E-state index in [1.807, 2.05) is 44.2 Å². The van der Waals surface area contributed by atoms with Gasteiger partial charge in [-0.1, -0.05) is 53.3 Å². The largest absolute Gasteiger partial charge is 0.301 e. The molecule has 0 saturated carbocycles. The van der Waals surface area contributed by atoms with E-state index in [0.29, 0.717) is 12.3 Å². The van der Waals surface area contributed by atoms with E-state index in [2.05, 4.69) is 37.4 Å². The van der Waals surface area contributed by atoms with Crippen molar-refractivity contribution in [2.45, 2.75) is 42.2 Å². The predicted molar refractivity (Wildman–Crippen MR) is 112 cm³/mol. The minimum atomic E-state index is 0.654. The van der Waals surface area contributed by atoms with Gasteiger partial charge in [0.2, 0.25) is 0 Å². The number of allylic oxidation sites excluding steroid dienone is 1. The Morgan fingerprint density at radius 2 is 1.85 bits per heavy atom. The maximum absolute atomic E-state index is 6.06. The average Bonchev–Trinajstić information content (AvgIpc) is 3.00. The zero-order chi connectivity index (χ0) is 19.2. The maximum Gasteiger partial charge on any atom is 0.191 e. The van der Waals surface area contributed by atoms with E-state index in [9.17, 15) is 0 Å². The van der Waals surface area contributed by atoms with Crippen LogP contribution in [0.1, 0.15) is 22.8 Å². The summed E-state index contributed by atoms with van der Waals surface area (Å²) in [5.41, 5.74) is 3.09. The van der Waals surface area contributed by atoms with Gasteiger partial charge in [-0.2, -0.15) is 0 Å². The molecular weight excluding hydrogens is 398 g/mol. The molecule has 27 heavy (non-hydrogen) atoms. The van der Waals surface area contributed by atoms with Gasteiger partial charge < -0.3 is 4.57 Å². The molecule has 3 aromatic rings. The summed E-state index contributed by atoms with van der Waals surface area (Å²) in [6, 6.07) is 9.83. The molecule has 140 valence electrons. The van der Waals surface area contributed by atoms with Gasteiger partial charge in [0.15, 0.2) is 10.3 Å². The molecule has 0 fully saturated rings.